The molecule has 0 spiro atoms. The van der Waals surface area contributed by atoms with Gasteiger partial charge in [-0.05, 0) is 36.6 Å². The molecular formula is C12H10BrClN2S. The molecule has 1 aromatic heterocycles. The Balaban J connectivity index is 2.09. The van der Waals surface area contributed by atoms with Gasteiger partial charge in [-0.3, -0.25) is 0 Å². The zero-order chi connectivity index (χ0) is 12.0. The first-order valence-corrected chi connectivity index (χ1v) is 7.34. The molecule has 1 unspecified atom stereocenters. The van der Waals surface area contributed by atoms with Crippen molar-refractivity contribution in [3.8, 4) is 0 Å². The van der Waals surface area contributed by atoms with Gasteiger partial charge < -0.3 is 5.73 Å². The van der Waals surface area contributed by atoms with Crippen LogP contribution in [0, 0.1) is 0 Å². The predicted molar refractivity (Wildman–Crippen MR) is 75.8 cm³/mol. The molecular weight excluding hydrogens is 320 g/mol. The second-order valence-electron chi connectivity index (χ2n) is 4.12. The molecule has 0 saturated heterocycles. The van der Waals surface area contributed by atoms with Crippen LogP contribution in [-0.4, -0.2) is 4.98 Å². The molecule has 1 atom stereocenters. The molecule has 2 nitrogen and oxygen atoms in total. The molecule has 2 aromatic rings. The van der Waals surface area contributed by atoms with Gasteiger partial charge in [0, 0.05) is 20.3 Å². The van der Waals surface area contributed by atoms with Crippen molar-refractivity contribution < 1.29 is 0 Å². The van der Waals surface area contributed by atoms with Crippen LogP contribution in [0.25, 0.3) is 0 Å². The lowest BCUT2D eigenvalue weighted by atomic mass is 9.98. The van der Waals surface area contributed by atoms with Crippen LogP contribution in [0.5, 0.6) is 0 Å². The second kappa shape index (κ2) is 4.26. The Labute approximate surface area is 117 Å². The van der Waals surface area contributed by atoms with E-state index in [9.17, 15) is 0 Å². The van der Waals surface area contributed by atoms with E-state index in [1.54, 1.807) is 11.3 Å². The highest BCUT2D eigenvalue weighted by Gasteiger charge is 2.29. The summed E-state index contributed by atoms with van der Waals surface area (Å²) >= 11 is 11.3. The summed E-state index contributed by atoms with van der Waals surface area (Å²) in [5, 5.41) is 1.44. The van der Waals surface area contributed by atoms with E-state index in [2.05, 4.69) is 20.9 Å². The Morgan fingerprint density at radius 1 is 1.47 bits per heavy atom. The van der Waals surface area contributed by atoms with E-state index in [1.165, 1.54) is 10.4 Å². The van der Waals surface area contributed by atoms with Crippen LogP contribution in [0.2, 0.25) is 5.02 Å². The molecule has 3 rings (SSSR count). The number of rotatable bonds is 1. The standard InChI is InChI=1S/C12H10BrClN2S/c13-9-3-1-6(14)5-8(9)7-2-4-10-11(7)17-12(15)16-10/h1,3,5,7H,2,4H2,(H2,15,16). The number of hydrogen-bond donors (Lipinski definition) is 1. The molecule has 17 heavy (non-hydrogen) atoms. The first-order valence-electron chi connectivity index (χ1n) is 5.35. The van der Waals surface area contributed by atoms with E-state index in [1.807, 2.05) is 18.2 Å². The highest BCUT2D eigenvalue weighted by atomic mass is 79.9. The van der Waals surface area contributed by atoms with Crippen molar-refractivity contribution in [3.63, 3.8) is 0 Å². The maximum absolute atomic E-state index is 6.07. The normalized spacial score (nSPS) is 18.4. The van der Waals surface area contributed by atoms with Crippen molar-refractivity contribution in [2.75, 3.05) is 5.73 Å². The molecule has 0 amide bonds. The lowest BCUT2D eigenvalue weighted by Gasteiger charge is -2.12. The Bertz CT molecular complexity index is 582. The minimum Gasteiger partial charge on any atom is -0.375 e. The van der Waals surface area contributed by atoms with Crippen molar-refractivity contribution in [3.05, 3.63) is 43.8 Å². The molecule has 1 aliphatic rings. The molecule has 1 aromatic carbocycles. The number of nitrogens with zero attached hydrogens (tertiary/aromatic N) is 1. The summed E-state index contributed by atoms with van der Waals surface area (Å²) in [6, 6.07) is 5.92. The van der Waals surface area contributed by atoms with Crippen molar-refractivity contribution in [1.82, 2.24) is 4.98 Å². The van der Waals surface area contributed by atoms with Crippen LogP contribution in [-0.2, 0) is 6.42 Å². The second-order valence-corrected chi connectivity index (χ2v) is 6.47. The summed E-state index contributed by atoms with van der Waals surface area (Å²) in [6.07, 6.45) is 2.10. The van der Waals surface area contributed by atoms with E-state index in [4.69, 9.17) is 17.3 Å². The summed E-state index contributed by atoms with van der Waals surface area (Å²) in [4.78, 5) is 5.66. The Morgan fingerprint density at radius 2 is 2.29 bits per heavy atom. The average Bonchev–Trinajstić information content (AvgIpc) is 2.80. The zero-order valence-corrected chi connectivity index (χ0v) is 12.1. The molecule has 0 fully saturated rings. The van der Waals surface area contributed by atoms with Crippen LogP contribution in [0.3, 0.4) is 0 Å². The molecule has 88 valence electrons. The summed E-state index contributed by atoms with van der Waals surface area (Å²) in [5.74, 6) is 0.382. The van der Waals surface area contributed by atoms with Gasteiger partial charge in [-0.1, -0.05) is 27.5 Å². The maximum Gasteiger partial charge on any atom is 0.180 e. The van der Waals surface area contributed by atoms with Crippen molar-refractivity contribution in [2.24, 2.45) is 0 Å². The van der Waals surface area contributed by atoms with Crippen LogP contribution in [0.1, 0.15) is 28.5 Å². The minimum atomic E-state index is 0.382. The number of anilines is 1. The maximum atomic E-state index is 6.07. The number of hydrogen-bond acceptors (Lipinski definition) is 3. The lowest BCUT2D eigenvalue weighted by Crippen LogP contribution is -1.95. The molecule has 5 heteroatoms. The monoisotopic (exact) mass is 328 g/mol. The van der Waals surface area contributed by atoms with Crippen LogP contribution in [0.15, 0.2) is 22.7 Å². The van der Waals surface area contributed by atoms with E-state index in [0.29, 0.717) is 11.0 Å². The summed E-state index contributed by atoms with van der Waals surface area (Å²) in [6.45, 7) is 0. The number of nitrogens with two attached hydrogens (primary N) is 1. The smallest absolute Gasteiger partial charge is 0.180 e. The summed E-state index contributed by atoms with van der Waals surface area (Å²) < 4.78 is 1.10. The molecule has 2 N–H and O–H groups in total. The van der Waals surface area contributed by atoms with Gasteiger partial charge in [0.2, 0.25) is 0 Å². The molecule has 0 saturated carbocycles. The van der Waals surface area contributed by atoms with Gasteiger partial charge in [0.1, 0.15) is 0 Å². The van der Waals surface area contributed by atoms with Gasteiger partial charge >= 0.3 is 0 Å². The van der Waals surface area contributed by atoms with E-state index in [-0.39, 0.29) is 0 Å². The number of aryl methyl sites for hydroxylation is 1. The molecule has 0 bridgehead atoms. The minimum absolute atomic E-state index is 0.382. The number of halogens is 2. The van der Waals surface area contributed by atoms with Gasteiger partial charge in [-0.2, -0.15) is 0 Å². The Morgan fingerprint density at radius 3 is 3.12 bits per heavy atom. The van der Waals surface area contributed by atoms with Crippen LogP contribution >= 0.6 is 38.9 Å². The number of nitrogen functional groups attached to an aromatic ring is 1. The van der Waals surface area contributed by atoms with Crippen LogP contribution < -0.4 is 5.73 Å². The van der Waals surface area contributed by atoms with Gasteiger partial charge in [0.05, 0.1) is 5.69 Å². The Hall–Kier alpha value is -0.580. The number of benzene rings is 1. The fourth-order valence-electron chi connectivity index (χ4n) is 2.32. The van der Waals surface area contributed by atoms with Crippen molar-refractivity contribution >= 4 is 44.0 Å². The third kappa shape index (κ3) is 1.98. The quantitative estimate of drug-likeness (QED) is 0.851. The van der Waals surface area contributed by atoms with Crippen molar-refractivity contribution in [1.29, 1.82) is 0 Å². The fourth-order valence-corrected chi connectivity index (χ4v) is 4.06. The van der Waals surface area contributed by atoms with Gasteiger partial charge in [0.25, 0.3) is 0 Å². The molecule has 0 aliphatic heterocycles. The van der Waals surface area contributed by atoms with Gasteiger partial charge in [-0.15, -0.1) is 11.3 Å². The fraction of sp³-hybridized carbons (Fsp3) is 0.250. The SMILES string of the molecule is Nc1nc2c(s1)C(c1cc(Cl)ccc1Br)CC2. The average molecular weight is 330 g/mol. The summed E-state index contributed by atoms with van der Waals surface area (Å²) in [5.41, 5.74) is 8.16. The summed E-state index contributed by atoms with van der Waals surface area (Å²) in [7, 11) is 0. The largest absolute Gasteiger partial charge is 0.375 e. The predicted octanol–water partition coefficient (Wildman–Crippen LogP) is 4.22. The molecule has 1 aliphatic carbocycles. The zero-order valence-electron chi connectivity index (χ0n) is 8.91. The van der Waals surface area contributed by atoms with E-state index >= 15 is 0 Å². The lowest BCUT2D eigenvalue weighted by molar-refractivity contribution is 0.787. The van der Waals surface area contributed by atoms with Crippen molar-refractivity contribution in [2.45, 2.75) is 18.8 Å². The van der Waals surface area contributed by atoms with E-state index < -0.39 is 0 Å². The molecule has 0 radical (unpaired) electrons. The third-order valence-electron chi connectivity index (χ3n) is 3.06. The van der Waals surface area contributed by atoms with Gasteiger partial charge in [0.15, 0.2) is 5.13 Å². The number of aromatic nitrogens is 1. The topological polar surface area (TPSA) is 38.9 Å². The van der Waals surface area contributed by atoms with Gasteiger partial charge in [-0.25, -0.2) is 4.98 Å². The first kappa shape index (κ1) is 11.5. The van der Waals surface area contributed by atoms with E-state index in [0.717, 1.165) is 28.0 Å². The number of thiazole rings is 1. The third-order valence-corrected chi connectivity index (χ3v) is 5.06. The highest BCUT2D eigenvalue weighted by Crippen LogP contribution is 2.44. The Kier molecular flexibility index (Phi) is 2.89. The molecule has 1 heterocycles. The highest BCUT2D eigenvalue weighted by molar-refractivity contribution is 9.10. The number of fused-ring (bicyclic) bond motifs is 1. The van der Waals surface area contributed by atoms with Crippen LogP contribution in [0.4, 0.5) is 5.13 Å². The first-order chi connectivity index (χ1) is 8.15.